The first kappa shape index (κ1) is 11.0. The van der Waals surface area contributed by atoms with Crippen molar-refractivity contribution in [2.24, 2.45) is 5.14 Å². The van der Waals surface area contributed by atoms with Crippen LogP contribution >= 0.6 is 0 Å². The van der Waals surface area contributed by atoms with Crippen molar-refractivity contribution in [3.8, 4) is 6.07 Å². The predicted molar refractivity (Wildman–Crippen MR) is 47.0 cm³/mol. The molecule has 0 saturated carbocycles. The second kappa shape index (κ2) is 3.60. The smallest absolute Gasteiger partial charge is 0.258 e. The van der Waals surface area contributed by atoms with E-state index in [1.807, 2.05) is 0 Å². The van der Waals surface area contributed by atoms with Gasteiger partial charge in [-0.05, 0) is 6.07 Å². The van der Waals surface area contributed by atoms with Crippen molar-refractivity contribution in [1.29, 1.82) is 5.26 Å². The molecular weight excluding hydrogens is 224 g/mol. The summed E-state index contributed by atoms with van der Waals surface area (Å²) in [5.74, 6) is 0. The summed E-state index contributed by atoms with van der Waals surface area (Å²) in [5.41, 5.74) is -1.16. The molecule has 1 aromatic rings. The zero-order chi connectivity index (χ0) is 11.6. The molecule has 0 aliphatic carbocycles. The van der Waals surface area contributed by atoms with E-state index in [9.17, 15) is 18.5 Å². The average molecular weight is 228 g/mol. The SMILES string of the molecule is N#Cc1nc(S(N)(=O)=O)ccc1[N+](=O)[O-]. The Balaban J connectivity index is 3.47. The number of rotatable bonds is 2. The lowest BCUT2D eigenvalue weighted by Crippen LogP contribution is -2.14. The van der Waals surface area contributed by atoms with E-state index in [-0.39, 0.29) is 0 Å². The van der Waals surface area contributed by atoms with Crippen LogP contribution in [0.4, 0.5) is 5.69 Å². The lowest BCUT2D eigenvalue weighted by Gasteiger charge is -1.97. The van der Waals surface area contributed by atoms with E-state index in [4.69, 9.17) is 10.4 Å². The quantitative estimate of drug-likeness (QED) is 0.534. The molecule has 0 fully saturated rings. The third-order valence-corrected chi connectivity index (χ3v) is 2.25. The fourth-order valence-corrected chi connectivity index (χ4v) is 1.30. The van der Waals surface area contributed by atoms with Crippen LogP contribution in [-0.4, -0.2) is 18.3 Å². The van der Waals surface area contributed by atoms with Gasteiger partial charge in [-0.2, -0.15) is 5.26 Å². The summed E-state index contributed by atoms with van der Waals surface area (Å²) in [6.45, 7) is 0. The van der Waals surface area contributed by atoms with Crippen LogP contribution < -0.4 is 5.14 Å². The Morgan fingerprint density at radius 3 is 2.53 bits per heavy atom. The van der Waals surface area contributed by atoms with Crippen LogP contribution in [0.5, 0.6) is 0 Å². The van der Waals surface area contributed by atoms with Gasteiger partial charge >= 0.3 is 5.69 Å². The van der Waals surface area contributed by atoms with Crippen molar-refractivity contribution < 1.29 is 13.3 Å². The van der Waals surface area contributed by atoms with Crippen LogP contribution in [0.2, 0.25) is 0 Å². The molecule has 1 heterocycles. The van der Waals surface area contributed by atoms with Gasteiger partial charge in [-0.15, -0.1) is 0 Å². The highest BCUT2D eigenvalue weighted by atomic mass is 32.2. The first-order valence-corrected chi connectivity index (χ1v) is 4.99. The number of sulfonamides is 1. The Morgan fingerprint density at radius 1 is 1.53 bits per heavy atom. The highest BCUT2D eigenvalue weighted by Gasteiger charge is 2.19. The molecule has 1 rings (SSSR count). The van der Waals surface area contributed by atoms with Crippen LogP contribution in [0.25, 0.3) is 0 Å². The minimum atomic E-state index is -4.06. The molecule has 78 valence electrons. The zero-order valence-corrected chi connectivity index (χ0v) is 7.93. The maximum absolute atomic E-state index is 10.8. The van der Waals surface area contributed by atoms with Crippen molar-refractivity contribution in [2.75, 3.05) is 0 Å². The monoisotopic (exact) mass is 228 g/mol. The number of nitriles is 1. The summed E-state index contributed by atoms with van der Waals surface area (Å²) >= 11 is 0. The first-order chi connectivity index (χ1) is 6.86. The highest BCUT2D eigenvalue weighted by molar-refractivity contribution is 7.89. The number of pyridine rings is 1. The maximum atomic E-state index is 10.8. The Bertz CT molecular complexity index is 559. The molecular formula is C6H4N4O4S. The molecule has 0 amide bonds. The summed E-state index contributed by atoms with van der Waals surface area (Å²) in [7, 11) is -4.06. The van der Waals surface area contributed by atoms with Gasteiger partial charge in [-0.3, -0.25) is 10.1 Å². The van der Waals surface area contributed by atoms with Crippen molar-refractivity contribution >= 4 is 15.7 Å². The van der Waals surface area contributed by atoms with Gasteiger partial charge in [0, 0.05) is 6.07 Å². The lowest BCUT2D eigenvalue weighted by atomic mass is 10.3. The normalized spacial score (nSPS) is 10.7. The van der Waals surface area contributed by atoms with E-state index in [0.29, 0.717) is 0 Å². The molecule has 0 radical (unpaired) electrons. The van der Waals surface area contributed by atoms with Crippen LogP contribution in [-0.2, 0) is 10.0 Å². The van der Waals surface area contributed by atoms with E-state index in [1.54, 1.807) is 0 Å². The Hall–Kier alpha value is -2.05. The van der Waals surface area contributed by atoms with Crippen molar-refractivity contribution in [3.63, 3.8) is 0 Å². The van der Waals surface area contributed by atoms with Crippen LogP contribution in [0.1, 0.15) is 5.69 Å². The van der Waals surface area contributed by atoms with Crippen LogP contribution in [0, 0.1) is 21.4 Å². The number of nitrogens with zero attached hydrogens (tertiary/aromatic N) is 3. The molecule has 0 unspecified atom stereocenters. The number of hydrogen-bond donors (Lipinski definition) is 1. The number of hydrogen-bond acceptors (Lipinski definition) is 6. The van der Waals surface area contributed by atoms with Gasteiger partial charge in [0.1, 0.15) is 6.07 Å². The third-order valence-electron chi connectivity index (χ3n) is 1.44. The predicted octanol–water partition coefficient (Wildman–Crippen LogP) is -0.491. The van der Waals surface area contributed by atoms with E-state index in [2.05, 4.69) is 4.98 Å². The second-order valence-electron chi connectivity index (χ2n) is 2.43. The van der Waals surface area contributed by atoms with Crippen molar-refractivity contribution in [2.45, 2.75) is 5.03 Å². The molecule has 15 heavy (non-hydrogen) atoms. The molecule has 0 aliphatic heterocycles. The molecule has 0 bridgehead atoms. The average Bonchev–Trinajstić information content (AvgIpc) is 2.15. The summed E-state index contributed by atoms with van der Waals surface area (Å²) < 4.78 is 21.6. The minimum Gasteiger partial charge on any atom is -0.258 e. The van der Waals surface area contributed by atoms with Gasteiger partial charge in [-0.25, -0.2) is 18.5 Å². The van der Waals surface area contributed by atoms with Gasteiger partial charge in [0.2, 0.25) is 5.69 Å². The Morgan fingerprint density at radius 2 is 2.13 bits per heavy atom. The van der Waals surface area contributed by atoms with E-state index < -0.39 is 31.4 Å². The van der Waals surface area contributed by atoms with Crippen molar-refractivity contribution in [1.82, 2.24) is 4.98 Å². The lowest BCUT2D eigenvalue weighted by molar-refractivity contribution is -0.385. The standard InChI is InChI=1S/C6H4N4O4S/c7-3-4-5(10(11)12)1-2-6(9-4)15(8,13)14/h1-2H,(H2,8,13,14). The molecule has 0 aliphatic rings. The minimum absolute atomic E-state index is 0.565. The summed E-state index contributed by atoms with van der Waals surface area (Å²) in [6, 6.07) is 3.15. The zero-order valence-electron chi connectivity index (χ0n) is 7.11. The fraction of sp³-hybridized carbons (Fsp3) is 0. The van der Waals surface area contributed by atoms with Gasteiger partial charge < -0.3 is 0 Å². The van der Waals surface area contributed by atoms with Crippen LogP contribution in [0.15, 0.2) is 17.2 Å². The van der Waals surface area contributed by atoms with Crippen LogP contribution in [0.3, 0.4) is 0 Å². The molecule has 0 aromatic carbocycles. The van der Waals surface area contributed by atoms with Gasteiger partial charge in [0.05, 0.1) is 4.92 Å². The number of nitro groups is 1. The summed E-state index contributed by atoms with van der Waals surface area (Å²) in [6.07, 6.45) is 0. The molecule has 9 heteroatoms. The van der Waals surface area contributed by atoms with E-state index >= 15 is 0 Å². The maximum Gasteiger partial charge on any atom is 0.305 e. The highest BCUT2D eigenvalue weighted by Crippen LogP contribution is 2.17. The first-order valence-electron chi connectivity index (χ1n) is 3.44. The summed E-state index contributed by atoms with van der Waals surface area (Å²) in [5, 5.41) is 23.0. The molecule has 0 spiro atoms. The van der Waals surface area contributed by atoms with Gasteiger partial charge in [-0.1, -0.05) is 0 Å². The largest absolute Gasteiger partial charge is 0.305 e. The Kier molecular flexibility index (Phi) is 2.65. The van der Waals surface area contributed by atoms with E-state index in [1.165, 1.54) is 6.07 Å². The molecule has 0 atom stereocenters. The molecule has 0 saturated heterocycles. The fourth-order valence-electron chi connectivity index (χ4n) is 0.822. The number of primary sulfonamides is 1. The summed E-state index contributed by atoms with van der Waals surface area (Å²) in [4.78, 5) is 12.8. The van der Waals surface area contributed by atoms with Crippen molar-refractivity contribution in [3.05, 3.63) is 27.9 Å². The number of aromatic nitrogens is 1. The second-order valence-corrected chi connectivity index (χ2v) is 3.94. The third kappa shape index (κ3) is 2.25. The van der Waals surface area contributed by atoms with E-state index in [0.717, 1.165) is 12.1 Å². The van der Waals surface area contributed by atoms with Gasteiger partial charge in [0.15, 0.2) is 5.03 Å². The van der Waals surface area contributed by atoms with Gasteiger partial charge in [0.25, 0.3) is 10.0 Å². The molecule has 1 aromatic heterocycles. The number of nitrogens with two attached hydrogens (primary N) is 1. The Labute approximate surface area is 84.2 Å². The topological polar surface area (TPSA) is 140 Å². The molecule has 8 nitrogen and oxygen atoms in total. The molecule has 2 N–H and O–H groups in total.